The zero-order valence-corrected chi connectivity index (χ0v) is 13.7. The topological polar surface area (TPSA) is 55.1 Å². The third-order valence-corrected chi connectivity index (χ3v) is 4.11. The van der Waals surface area contributed by atoms with E-state index in [0.29, 0.717) is 0 Å². The van der Waals surface area contributed by atoms with Crippen LogP contribution in [0.25, 0.3) is 17.4 Å². The lowest BCUT2D eigenvalue weighted by Crippen LogP contribution is -2.08. The zero-order chi connectivity index (χ0) is 16.2. The van der Waals surface area contributed by atoms with Gasteiger partial charge in [0.15, 0.2) is 0 Å². The van der Waals surface area contributed by atoms with Gasteiger partial charge in [0.25, 0.3) is 0 Å². The van der Waals surface area contributed by atoms with Crippen LogP contribution in [0.1, 0.15) is 16.2 Å². The third-order valence-electron chi connectivity index (χ3n) is 3.37. The summed E-state index contributed by atoms with van der Waals surface area (Å²) in [5.41, 5.74) is 4.44. The Morgan fingerprint density at radius 1 is 1.26 bits per heavy atom. The minimum atomic E-state index is -0.172. The van der Waals surface area contributed by atoms with E-state index in [2.05, 4.69) is 10.3 Å². The van der Waals surface area contributed by atoms with Crippen molar-refractivity contribution in [2.24, 2.45) is 0 Å². The van der Waals surface area contributed by atoms with E-state index in [1.165, 1.54) is 17.4 Å². The molecule has 0 bridgehead atoms. The fourth-order valence-corrected chi connectivity index (χ4v) is 2.65. The van der Waals surface area contributed by atoms with E-state index in [1.54, 1.807) is 17.8 Å². The van der Waals surface area contributed by atoms with Crippen LogP contribution in [-0.4, -0.2) is 10.9 Å². The lowest BCUT2D eigenvalue weighted by atomic mass is 10.1. The van der Waals surface area contributed by atoms with Gasteiger partial charge in [-0.25, -0.2) is 0 Å². The van der Waals surface area contributed by atoms with Crippen molar-refractivity contribution in [3.63, 3.8) is 0 Å². The van der Waals surface area contributed by atoms with E-state index in [1.807, 2.05) is 44.2 Å². The maximum Gasteiger partial charge on any atom is 0.248 e. The summed E-state index contributed by atoms with van der Waals surface area (Å²) in [4.78, 5) is 17.0. The molecule has 5 heteroatoms. The maximum atomic E-state index is 12.1. The number of amides is 1. The molecule has 0 spiro atoms. The molecule has 4 nitrogen and oxygen atoms in total. The number of hydrogen-bond acceptors (Lipinski definition) is 4. The van der Waals surface area contributed by atoms with E-state index in [-0.39, 0.29) is 5.91 Å². The Labute approximate surface area is 138 Å². The molecule has 0 aliphatic rings. The second kappa shape index (κ2) is 6.62. The molecule has 0 aliphatic carbocycles. The first-order valence-corrected chi connectivity index (χ1v) is 8.05. The van der Waals surface area contributed by atoms with Gasteiger partial charge in [-0.15, -0.1) is 11.3 Å². The first-order chi connectivity index (χ1) is 11.1. The molecule has 3 rings (SSSR count). The van der Waals surface area contributed by atoms with Crippen LogP contribution in [0.2, 0.25) is 0 Å². The molecule has 2 heterocycles. The summed E-state index contributed by atoms with van der Waals surface area (Å²) < 4.78 is 5.63. The monoisotopic (exact) mass is 324 g/mol. The van der Waals surface area contributed by atoms with E-state index in [4.69, 9.17) is 4.42 Å². The molecule has 0 radical (unpaired) electrons. The number of hydrogen-bond donors (Lipinski definition) is 1. The number of nitrogens with one attached hydrogen (secondary N) is 1. The number of nitrogens with zero attached hydrogens (tertiary/aromatic N) is 1. The molecule has 23 heavy (non-hydrogen) atoms. The number of furan rings is 1. The molecule has 0 fully saturated rings. The Morgan fingerprint density at radius 3 is 2.83 bits per heavy atom. The van der Waals surface area contributed by atoms with Gasteiger partial charge in [-0.05, 0) is 43.7 Å². The van der Waals surface area contributed by atoms with Crippen LogP contribution in [0.5, 0.6) is 0 Å². The van der Waals surface area contributed by atoms with E-state index in [0.717, 1.165) is 33.2 Å². The van der Waals surface area contributed by atoms with Crippen molar-refractivity contribution < 1.29 is 9.21 Å². The summed E-state index contributed by atoms with van der Waals surface area (Å²) in [6, 6.07) is 9.72. The molecular weight excluding hydrogens is 308 g/mol. The van der Waals surface area contributed by atoms with Gasteiger partial charge in [-0.1, -0.05) is 12.1 Å². The van der Waals surface area contributed by atoms with Gasteiger partial charge in [-0.3, -0.25) is 9.78 Å². The Hall–Kier alpha value is -2.66. The first kappa shape index (κ1) is 15.2. The second-order valence-electron chi connectivity index (χ2n) is 5.17. The summed E-state index contributed by atoms with van der Waals surface area (Å²) in [6.07, 6.45) is 4.98. The van der Waals surface area contributed by atoms with Gasteiger partial charge >= 0.3 is 0 Å². The highest BCUT2D eigenvalue weighted by Gasteiger charge is 2.07. The largest absolute Gasteiger partial charge is 0.461 e. The molecule has 1 N–H and O–H groups in total. The van der Waals surface area contributed by atoms with Crippen LogP contribution in [0.3, 0.4) is 0 Å². The summed E-state index contributed by atoms with van der Waals surface area (Å²) in [6.45, 7) is 3.87. The number of rotatable bonds is 4. The first-order valence-electron chi connectivity index (χ1n) is 7.17. The van der Waals surface area contributed by atoms with Crippen molar-refractivity contribution in [1.82, 2.24) is 4.98 Å². The molecule has 0 saturated heterocycles. The molecular formula is C18H16N2O2S. The summed E-state index contributed by atoms with van der Waals surface area (Å²) >= 11 is 1.49. The SMILES string of the molecule is Cc1ccc(-c2ccc(C)c(NC(=O)/C=C/c3cncs3)c2)o1. The predicted octanol–water partition coefficient (Wildman–Crippen LogP) is 4.67. The van der Waals surface area contributed by atoms with Crippen LogP contribution in [0.4, 0.5) is 5.69 Å². The number of benzene rings is 1. The lowest BCUT2D eigenvalue weighted by molar-refractivity contribution is -0.111. The average Bonchev–Trinajstić information content (AvgIpc) is 3.19. The molecule has 1 amide bonds. The fraction of sp³-hybridized carbons (Fsp3) is 0.111. The Bertz CT molecular complexity index is 848. The van der Waals surface area contributed by atoms with Gasteiger partial charge in [0.05, 0.1) is 5.51 Å². The smallest absolute Gasteiger partial charge is 0.248 e. The second-order valence-corrected chi connectivity index (χ2v) is 6.08. The highest BCUT2D eigenvalue weighted by atomic mass is 32.1. The number of aromatic nitrogens is 1. The Morgan fingerprint density at radius 2 is 2.13 bits per heavy atom. The van der Waals surface area contributed by atoms with Crippen LogP contribution >= 0.6 is 11.3 Å². The van der Waals surface area contributed by atoms with E-state index in [9.17, 15) is 4.79 Å². The molecule has 116 valence electrons. The average molecular weight is 324 g/mol. The molecule has 3 aromatic rings. The number of aryl methyl sites for hydroxylation is 2. The Kier molecular flexibility index (Phi) is 4.39. The molecule has 0 atom stereocenters. The van der Waals surface area contributed by atoms with Crippen LogP contribution in [-0.2, 0) is 4.79 Å². The summed E-state index contributed by atoms with van der Waals surface area (Å²) in [7, 11) is 0. The number of carbonyl (C=O) groups is 1. The zero-order valence-electron chi connectivity index (χ0n) is 12.9. The van der Waals surface area contributed by atoms with Crippen molar-refractivity contribution in [1.29, 1.82) is 0 Å². The number of thiazole rings is 1. The number of anilines is 1. The van der Waals surface area contributed by atoms with Crippen molar-refractivity contribution in [2.75, 3.05) is 5.32 Å². The molecule has 0 saturated carbocycles. The van der Waals surface area contributed by atoms with Crippen LogP contribution in [0.15, 0.2) is 52.5 Å². The van der Waals surface area contributed by atoms with Gasteiger partial charge in [0.2, 0.25) is 5.91 Å². The summed E-state index contributed by atoms with van der Waals surface area (Å²) in [5.74, 6) is 1.48. The fourth-order valence-electron chi connectivity index (χ4n) is 2.14. The van der Waals surface area contributed by atoms with Crippen molar-refractivity contribution in [2.45, 2.75) is 13.8 Å². The molecule has 0 aliphatic heterocycles. The van der Waals surface area contributed by atoms with Gasteiger partial charge < -0.3 is 9.73 Å². The van der Waals surface area contributed by atoms with Crippen LogP contribution < -0.4 is 5.32 Å². The highest BCUT2D eigenvalue weighted by Crippen LogP contribution is 2.27. The van der Waals surface area contributed by atoms with E-state index < -0.39 is 0 Å². The van der Waals surface area contributed by atoms with Crippen molar-refractivity contribution in [3.8, 4) is 11.3 Å². The Balaban J connectivity index is 1.78. The minimum Gasteiger partial charge on any atom is -0.461 e. The van der Waals surface area contributed by atoms with Crippen molar-refractivity contribution >= 4 is 29.0 Å². The lowest BCUT2D eigenvalue weighted by Gasteiger charge is -2.08. The standard InChI is InChI=1S/C18H16N2O2S/c1-12-3-5-14(17-7-4-13(2)22-17)9-16(12)20-18(21)8-6-15-10-19-11-23-15/h3-11H,1-2H3,(H,20,21)/b8-6+. The quantitative estimate of drug-likeness (QED) is 0.709. The minimum absolute atomic E-state index is 0.172. The molecule has 2 aromatic heterocycles. The van der Waals surface area contributed by atoms with Gasteiger partial charge in [0.1, 0.15) is 11.5 Å². The van der Waals surface area contributed by atoms with Gasteiger partial charge in [-0.2, -0.15) is 0 Å². The predicted molar refractivity (Wildman–Crippen MR) is 93.4 cm³/mol. The highest BCUT2D eigenvalue weighted by molar-refractivity contribution is 7.10. The third kappa shape index (κ3) is 3.76. The van der Waals surface area contributed by atoms with Crippen LogP contribution in [0, 0.1) is 13.8 Å². The van der Waals surface area contributed by atoms with Crippen molar-refractivity contribution in [3.05, 3.63) is 64.3 Å². The summed E-state index contributed by atoms with van der Waals surface area (Å²) in [5, 5.41) is 2.91. The van der Waals surface area contributed by atoms with Gasteiger partial charge in [0, 0.05) is 28.4 Å². The molecule has 1 aromatic carbocycles. The number of carbonyl (C=O) groups excluding carboxylic acids is 1. The maximum absolute atomic E-state index is 12.1. The van der Waals surface area contributed by atoms with E-state index >= 15 is 0 Å². The molecule has 0 unspecified atom stereocenters. The normalized spacial score (nSPS) is 11.0.